The lowest BCUT2D eigenvalue weighted by molar-refractivity contribution is -0.275. The number of alkyl halides is 5. The molecule has 10 heteroatoms. The number of aromatic carboxylic acids is 1. The largest absolute Gasteiger partial charge is 0.573 e. The number of ether oxygens (including phenoxy) is 1. The van der Waals surface area contributed by atoms with Crippen LogP contribution in [0.2, 0.25) is 0 Å². The fraction of sp³-hybridized carbons (Fsp3) is 0.250. The molecule has 0 radical (unpaired) electrons. The van der Waals surface area contributed by atoms with Crippen molar-refractivity contribution in [2.75, 3.05) is 0 Å². The molecule has 0 aromatic carbocycles. The summed E-state index contributed by atoms with van der Waals surface area (Å²) in [6.07, 6.45) is -8.14. The van der Waals surface area contributed by atoms with Gasteiger partial charge >= 0.3 is 12.3 Å². The molecule has 0 atom stereocenters. The molecule has 0 saturated heterocycles. The highest BCUT2D eigenvalue weighted by Crippen LogP contribution is 2.37. The first kappa shape index (κ1) is 14.9. The molecule has 0 aliphatic heterocycles. The van der Waals surface area contributed by atoms with E-state index in [1.165, 1.54) is 0 Å². The van der Waals surface area contributed by atoms with Crippen LogP contribution in [0.5, 0.6) is 5.75 Å². The van der Waals surface area contributed by atoms with Crippen molar-refractivity contribution in [1.29, 1.82) is 0 Å². The lowest BCUT2D eigenvalue weighted by Crippen LogP contribution is -2.20. The summed E-state index contributed by atoms with van der Waals surface area (Å²) >= 11 is 1.15. The third kappa shape index (κ3) is 3.40. The molecule has 0 aliphatic carbocycles. The Morgan fingerprint density at radius 1 is 1.44 bits per heavy atom. The Kier molecular flexibility index (Phi) is 4.29. The molecule has 0 bridgehead atoms. The number of carbonyl (C=O) groups is 1. The maximum absolute atomic E-state index is 12.5. The molecule has 0 aliphatic rings. The molecule has 4 nitrogen and oxygen atoms in total. The van der Waals surface area contributed by atoms with E-state index in [1.54, 1.807) is 0 Å². The SMILES string of the molecule is O=C(O)c1ncc(C(F)F)c(OC(F)(F)F)c1I. The zero-order valence-electron chi connectivity index (χ0n) is 8.13. The number of carboxylic acid groups (broad SMARTS) is 1. The number of rotatable bonds is 3. The molecule has 0 saturated carbocycles. The van der Waals surface area contributed by atoms with Gasteiger partial charge in [0.05, 0.1) is 9.13 Å². The van der Waals surface area contributed by atoms with E-state index in [1.807, 2.05) is 0 Å². The normalized spacial score (nSPS) is 11.7. The summed E-state index contributed by atoms with van der Waals surface area (Å²) in [5, 5.41) is 8.63. The van der Waals surface area contributed by atoms with E-state index in [4.69, 9.17) is 5.11 Å². The van der Waals surface area contributed by atoms with Gasteiger partial charge in [0.25, 0.3) is 6.43 Å². The highest BCUT2D eigenvalue weighted by Gasteiger charge is 2.35. The van der Waals surface area contributed by atoms with Crippen LogP contribution in [0.15, 0.2) is 6.20 Å². The second-order valence-electron chi connectivity index (χ2n) is 2.86. The van der Waals surface area contributed by atoms with E-state index < -0.39 is 39.3 Å². The van der Waals surface area contributed by atoms with E-state index in [9.17, 15) is 26.7 Å². The van der Waals surface area contributed by atoms with E-state index in [0.717, 1.165) is 22.6 Å². The quantitative estimate of drug-likeness (QED) is 0.644. The Morgan fingerprint density at radius 3 is 2.39 bits per heavy atom. The summed E-state index contributed by atoms with van der Waals surface area (Å²) in [6.45, 7) is 0. The van der Waals surface area contributed by atoms with E-state index in [2.05, 4.69) is 9.72 Å². The first-order chi connectivity index (χ1) is 8.13. The Labute approximate surface area is 110 Å². The van der Waals surface area contributed by atoms with Crippen LogP contribution in [0, 0.1) is 3.57 Å². The van der Waals surface area contributed by atoms with Gasteiger partial charge in [-0.2, -0.15) is 0 Å². The second kappa shape index (κ2) is 5.20. The Morgan fingerprint density at radius 2 is 2.00 bits per heavy atom. The summed E-state index contributed by atoms with van der Waals surface area (Å²) in [4.78, 5) is 13.8. The monoisotopic (exact) mass is 383 g/mol. The highest BCUT2D eigenvalue weighted by molar-refractivity contribution is 14.1. The lowest BCUT2D eigenvalue weighted by atomic mass is 10.2. The van der Waals surface area contributed by atoms with E-state index in [0.29, 0.717) is 6.20 Å². The zero-order valence-corrected chi connectivity index (χ0v) is 10.3. The first-order valence-electron chi connectivity index (χ1n) is 4.09. The van der Waals surface area contributed by atoms with Gasteiger partial charge in [-0.15, -0.1) is 13.2 Å². The maximum atomic E-state index is 12.5. The van der Waals surface area contributed by atoms with Crippen LogP contribution < -0.4 is 4.74 Å². The Balaban J connectivity index is 3.41. The van der Waals surface area contributed by atoms with Crippen molar-refractivity contribution in [3.05, 3.63) is 21.0 Å². The topological polar surface area (TPSA) is 59.4 Å². The molecular formula is C8H3F5INO3. The summed E-state index contributed by atoms with van der Waals surface area (Å²) in [5.74, 6) is -2.89. The van der Waals surface area contributed by atoms with Gasteiger partial charge < -0.3 is 9.84 Å². The molecular weight excluding hydrogens is 380 g/mol. The molecule has 1 heterocycles. The van der Waals surface area contributed by atoms with Gasteiger partial charge in [0.1, 0.15) is 0 Å². The fourth-order valence-corrected chi connectivity index (χ4v) is 1.80. The summed E-state index contributed by atoms with van der Waals surface area (Å²) in [5.41, 5.74) is -1.92. The van der Waals surface area contributed by atoms with Crippen molar-refractivity contribution >= 4 is 28.6 Å². The van der Waals surface area contributed by atoms with Gasteiger partial charge in [0.15, 0.2) is 11.4 Å². The predicted octanol–water partition coefficient (Wildman–Crippen LogP) is 3.22. The third-order valence-electron chi connectivity index (χ3n) is 1.66. The zero-order chi connectivity index (χ0) is 14.1. The smallest absolute Gasteiger partial charge is 0.476 e. The van der Waals surface area contributed by atoms with Crippen LogP contribution in [0.25, 0.3) is 0 Å². The average molecular weight is 383 g/mol. The number of hydrogen-bond acceptors (Lipinski definition) is 3. The van der Waals surface area contributed by atoms with E-state index in [-0.39, 0.29) is 0 Å². The Bertz CT molecular complexity index is 477. The van der Waals surface area contributed by atoms with Crippen LogP contribution in [0.3, 0.4) is 0 Å². The summed E-state index contributed by atoms with van der Waals surface area (Å²) in [6, 6.07) is 0. The number of aromatic nitrogens is 1. The van der Waals surface area contributed by atoms with Crippen LogP contribution in [0.4, 0.5) is 22.0 Å². The van der Waals surface area contributed by atoms with Crippen molar-refractivity contribution in [1.82, 2.24) is 4.98 Å². The molecule has 1 N–H and O–H groups in total. The van der Waals surface area contributed by atoms with Crippen LogP contribution in [-0.2, 0) is 0 Å². The van der Waals surface area contributed by atoms with Crippen molar-refractivity contribution in [2.24, 2.45) is 0 Å². The average Bonchev–Trinajstić information content (AvgIpc) is 2.17. The van der Waals surface area contributed by atoms with Crippen molar-refractivity contribution < 1.29 is 36.6 Å². The van der Waals surface area contributed by atoms with Gasteiger partial charge in [-0.25, -0.2) is 18.6 Å². The molecule has 0 spiro atoms. The summed E-state index contributed by atoms with van der Waals surface area (Å²) < 4.78 is 63.9. The minimum atomic E-state index is -5.21. The van der Waals surface area contributed by atoms with Gasteiger partial charge in [-0.1, -0.05) is 0 Å². The van der Waals surface area contributed by atoms with Gasteiger partial charge in [-0.05, 0) is 22.6 Å². The fourth-order valence-electron chi connectivity index (χ4n) is 1.01. The Hall–Kier alpha value is -1.20. The number of nitrogens with zero attached hydrogens (tertiary/aromatic N) is 1. The minimum absolute atomic E-state index is 0.345. The van der Waals surface area contributed by atoms with Crippen molar-refractivity contribution in [3.8, 4) is 5.75 Å². The molecule has 0 fully saturated rings. The van der Waals surface area contributed by atoms with E-state index >= 15 is 0 Å². The number of pyridine rings is 1. The molecule has 18 heavy (non-hydrogen) atoms. The molecule has 1 aromatic heterocycles. The standard InChI is InChI=1S/C8H3F5INO3/c9-6(10)2-1-15-4(7(16)17)3(14)5(2)18-8(11,12)13/h1,6H,(H,16,17). The first-order valence-corrected chi connectivity index (χ1v) is 5.17. The highest BCUT2D eigenvalue weighted by atomic mass is 127. The van der Waals surface area contributed by atoms with Crippen molar-refractivity contribution in [3.63, 3.8) is 0 Å². The van der Waals surface area contributed by atoms with Crippen LogP contribution in [-0.4, -0.2) is 22.4 Å². The van der Waals surface area contributed by atoms with Gasteiger partial charge in [0, 0.05) is 6.20 Å². The molecule has 0 amide bonds. The summed E-state index contributed by atoms with van der Waals surface area (Å²) in [7, 11) is 0. The molecule has 1 rings (SSSR count). The van der Waals surface area contributed by atoms with Gasteiger partial charge in [-0.3, -0.25) is 0 Å². The number of halogens is 6. The maximum Gasteiger partial charge on any atom is 0.573 e. The lowest BCUT2D eigenvalue weighted by Gasteiger charge is -2.15. The molecule has 1 aromatic rings. The van der Waals surface area contributed by atoms with Gasteiger partial charge in [0.2, 0.25) is 0 Å². The second-order valence-corrected chi connectivity index (χ2v) is 3.94. The molecule has 0 unspecified atom stereocenters. The minimum Gasteiger partial charge on any atom is -0.476 e. The van der Waals surface area contributed by atoms with Crippen LogP contribution >= 0.6 is 22.6 Å². The third-order valence-corrected chi connectivity index (χ3v) is 2.66. The van der Waals surface area contributed by atoms with Crippen molar-refractivity contribution in [2.45, 2.75) is 12.8 Å². The number of carboxylic acids is 1. The molecule has 100 valence electrons. The van der Waals surface area contributed by atoms with Crippen LogP contribution in [0.1, 0.15) is 22.5 Å². The number of hydrogen-bond donors (Lipinski definition) is 1. The predicted molar refractivity (Wildman–Crippen MR) is 55.6 cm³/mol.